The second-order valence-electron chi connectivity index (χ2n) is 4.76. The molecular weight excluding hydrogens is 210 g/mol. The minimum Gasteiger partial charge on any atom is -0.381 e. The maximum Gasteiger partial charge on any atom is 0.0705 e. The Morgan fingerprint density at radius 2 is 1.88 bits per heavy atom. The first kappa shape index (κ1) is 10.7. The molecule has 0 atom stereocenters. The van der Waals surface area contributed by atoms with Gasteiger partial charge in [0.05, 0.1) is 5.52 Å². The van der Waals surface area contributed by atoms with Crippen molar-refractivity contribution in [2.75, 3.05) is 13.2 Å². The van der Waals surface area contributed by atoms with E-state index in [2.05, 4.69) is 30.3 Å². The van der Waals surface area contributed by atoms with E-state index in [0.29, 0.717) is 0 Å². The van der Waals surface area contributed by atoms with E-state index in [4.69, 9.17) is 9.72 Å². The minimum absolute atomic E-state index is 0.748. The van der Waals surface area contributed by atoms with Crippen LogP contribution in [0.15, 0.2) is 36.4 Å². The molecule has 17 heavy (non-hydrogen) atoms. The molecule has 2 heterocycles. The molecule has 88 valence electrons. The summed E-state index contributed by atoms with van der Waals surface area (Å²) >= 11 is 0. The fraction of sp³-hybridized carbons (Fsp3) is 0.400. The van der Waals surface area contributed by atoms with Crippen LogP contribution in [-0.2, 0) is 11.2 Å². The molecule has 1 aliphatic rings. The van der Waals surface area contributed by atoms with E-state index in [0.717, 1.165) is 31.1 Å². The zero-order valence-corrected chi connectivity index (χ0v) is 9.93. The highest BCUT2D eigenvalue weighted by Gasteiger charge is 2.14. The summed E-state index contributed by atoms with van der Waals surface area (Å²) < 4.78 is 5.39. The van der Waals surface area contributed by atoms with Crippen LogP contribution in [0.3, 0.4) is 0 Å². The lowest BCUT2D eigenvalue weighted by molar-refractivity contribution is 0.0663. The van der Waals surface area contributed by atoms with Gasteiger partial charge < -0.3 is 4.74 Å². The Labute approximate surface area is 102 Å². The third-order valence-corrected chi connectivity index (χ3v) is 3.49. The van der Waals surface area contributed by atoms with E-state index in [1.165, 1.54) is 23.9 Å². The molecule has 0 N–H and O–H groups in total. The molecular formula is C15H17NO. The average Bonchev–Trinajstić information content (AvgIpc) is 2.40. The third kappa shape index (κ3) is 2.47. The summed E-state index contributed by atoms with van der Waals surface area (Å²) in [4.78, 5) is 4.73. The van der Waals surface area contributed by atoms with Crippen molar-refractivity contribution in [1.29, 1.82) is 0 Å². The molecule has 2 aromatic rings. The SMILES string of the molecule is c1ccc2nc(CC3CCOCC3)ccc2c1. The smallest absolute Gasteiger partial charge is 0.0705 e. The van der Waals surface area contributed by atoms with Crippen molar-refractivity contribution < 1.29 is 4.74 Å². The number of pyridine rings is 1. The predicted octanol–water partition coefficient (Wildman–Crippen LogP) is 3.20. The molecule has 0 unspecified atom stereocenters. The summed E-state index contributed by atoms with van der Waals surface area (Å²) in [5, 5.41) is 1.23. The lowest BCUT2D eigenvalue weighted by Gasteiger charge is -2.21. The van der Waals surface area contributed by atoms with Crippen LogP contribution in [0.1, 0.15) is 18.5 Å². The van der Waals surface area contributed by atoms with E-state index in [9.17, 15) is 0 Å². The molecule has 1 fully saturated rings. The fourth-order valence-corrected chi connectivity index (χ4v) is 2.47. The van der Waals surface area contributed by atoms with Gasteiger partial charge in [-0.15, -0.1) is 0 Å². The molecule has 2 nitrogen and oxygen atoms in total. The number of aromatic nitrogens is 1. The highest BCUT2D eigenvalue weighted by molar-refractivity contribution is 5.78. The van der Waals surface area contributed by atoms with Gasteiger partial charge in [0.25, 0.3) is 0 Å². The molecule has 0 radical (unpaired) electrons. The number of para-hydroxylation sites is 1. The number of nitrogens with zero attached hydrogens (tertiary/aromatic N) is 1. The maximum atomic E-state index is 5.39. The second kappa shape index (κ2) is 4.84. The van der Waals surface area contributed by atoms with Crippen LogP contribution in [0.2, 0.25) is 0 Å². The Hall–Kier alpha value is -1.41. The van der Waals surface area contributed by atoms with Crippen LogP contribution >= 0.6 is 0 Å². The molecule has 0 aliphatic carbocycles. The van der Waals surface area contributed by atoms with Crippen molar-refractivity contribution in [3.05, 3.63) is 42.1 Å². The highest BCUT2D eigenvalue weighted by Crippen LogP contribution is 2.20. The highest BCUT2D eigenvalue weighted by atomic mass is 16.5. The largest absolute Gasteiger partial charge is 0.381 e. The van der Waals surface area contributed by atoms with Gasteiger partial charge in [0.1, 0.15) is 0 Å². The number of rotatable bonds is 2. The zero-order valence-electron chi connectivity index (χ0n) is 9.93. The van der Waals surface area contributed by atoms with Gasteiger partial charge in [0.2, 0.25) is 0 Å². The van der Waals surface area contributed by atoms with Crippen LogP contribution in [0, 0.1) is 5.92 Å². The monoisotopic (exact) mass is 227 g/mol. The molecule has 0 spiro atoms. The molecule has 1 saturated heterocycles. The summed E-state index contributed by atoms with van der Waals surface area (Å²) in [6, 6.07) is 12.6. The molecule has 3 rings (SSSR count). The number of benzene rings is 1. The lowest BCUT2D eigenvalue weighted by atomic mass is 9.94. The second-order valence-corrected chi connectivity index (χ2v) is 4.76. The van der Waals surface area contributed by atoms with E-state index < -0.39 is 0 Å². The Balaban J connectivity index is 1.80. The van der Waals surface area contributed by atoms with E-state index in [-0.39, 0.29) is 0 Å². The van der Waals surface area contributed by atoms with Gasteiger partial charge in [-0.3, -0.25) is 4.98 Å². The van der Waals surface area contributed by atoms with Gasteiger partial charge in [-0.25, -0.2) is 0 Å². The minimum atomic E-state index is 0.748. The summed E-state index contributed by atoms with van der Waals surface area (Å²) in [6.07, 6.45) is 3.44. The van der Waals surface area contributed by atoms with Gasteiger partial charge in [-0.05, 0) is 37.3 Å². The summed E-state index contributed by atoms with van der Waals surface area (Å²) in [6.45, 7) is 1.83. The molecule has 1 aromatic heterocycles. The molecule has 1 aromatic carbocycles. The molecule has 0 amide bonds. The van der Waals surface area contributed by atoms with Crippen molar-refractivity contribution in [3.8, 4) is 0 Å². The third-order valence-electron chi connectivity index (χ3n) is 3.49. The normalized spacial score (nSPS) is 17.4. The van der Waals surface area contributed by atoms with Crippen molar-refractivity contribution in [3.63, 3.8) is 0 Å². The number of hydrogen-bond acceptors (Lipinski definition) is 2. The summed E-state index contributed by atoms with van der Waals surface area (Å²) in [5.41, 5.74) is 2.33. The van der Waals surface area contributed by atoms with Crippen LogP contribution in [0.4, 0.5) is 0 Å². The van der Waals surface area contributed by atoms with Gasteiger partial charge in [-0.1, -0.05) is 24.3 Å². The quantitative estimate of drug-likeness (QED) is 0.786. The average molecular weight is 227 g/mol. The number of hydrogen-bond donors (Lipinski definition) is 0. The topological polar surface area (TPSA) is 22.1 Å². The van der Waals surface area contributed by atoms with E-state index >= 15 is 0 Å². The first-order valence-electron chi connectivity index (χ1n) is 6.34. The van der Waals surface area contributed by atoms with Gasteiger partial charge in [0.15, 0.2) is 0 Å². The van der Waals surface area contributed by atoms with Crippen LogP contribution in [0.5, 0.6) is 0 Å². The Bertz CT molecular complexity index is 503. The van der Waals surface area contributed by atoms with Crippen LogP contribution in [-0.4, -0.2) is 18.2 Å². The Kier molecular flexibility index (Phi) is 3.06. The fourth-order valence-electron chi connectivity index (χ4n) is 2.47. The van der Waals surface area contributed by atoms with E-state index in [1.54, 1.807) is 0 Å². The molecule has 1 aliphatic heterocycles. The number of ether oxygens (including phenoxy) is 1. The van der Waals surface area contributed by atoms with Crippen molar-refractivity contribution in [2.45, 2.75) is 19.3 Å². The maximum absolute atomic E-state index is 5.39. The van der Waals surface area contributed by atoms with Crippen molar-refractivity contribution in [2.24, 2.45) is 5.92 Å². The predicted molar refractivity (Wildman–Crippen MR) is 69.0 cm³/mol. The van der Waals surface area contributed by atoms with Gasteiger partial charge in [0, 0.05) is 24.3 Å². The van der Waals surface area contributed by atoms with Gasteiger partial charge >= 0.3 is 0 Å². The standard InChI is InChI=1S/C15H17NO/c1-2-4-15-13(3-1)5-6-14(16-15)11-12-7-9-17-10-8-12/h1-6,12H,7-11H2. The molecule has 0 bridgehead atoms. The first-order valence-corrected chi connectivity index (χ1v) is 6.34. The Morgan fingerprint density at radius 1 is 1.06 bits per heavy atom. The van der Waals surface area contributed by atoms with Crippen LogP contribution < -0.4 is 0 Å². The Morgan fingerprint density at radius 3 is 2.76 bits per heavy atom. The molecule has 0 saturated carbocycles. The summed E-state index contributed by atoms with van der Waals surface area (Å²) in [5.74, 6) is 0.748. The molecule has 2 heteroatoms. The van der Waals surface area contributed by atoms with E-state index in [1.807, 2.05) is 6.07 Å². The first-order chi connectivity index (χ1) is 8.42. The van der Waals surface area contributed by atoms with Crippen molar-refractivity contribution >= 4 is 10.9 Å². The summed E-state index contributed by atoms with van der Waals surface area (Å²) in [7, 11) is 0. The zero-order chi connectivity index (χ0) is 11.5. The lowest BCUT2D eigenvalue weighted by Crippen LogP contribution is -2.17. The van der Waals surface area contributed by atoms with Gasteiger partial charge in [-0.2, -0.15) is 0 Å². The van der Waals surface area contributed by atoms with Crippen molar-refractivity contribution in [1.82, 2.24) is 4.98 Å². The number of fused-ring (bicyclic) bond motifs is 1. The van der Waals surface area contributed by atoms with Crippen LogP contribution in [0.25, 0.3) is 10.9 Å².